The van der Waals surface area contributed by atoms with Crippen molar-refractivity contribution >= 4 is 22.6 Å². The van der Waals surface area contributed by atoms with Crippen LogP contribution in [-0.2, 0) is 6.54 Å². The van der Waals surface area contributed by atoms with Crippen LogP contribution in [0.15, 0.2) is 48.8 Å². The molecule has 1 aromatic carbocycles. The Balaban J connectivity index is 1.42. The maximum absolute atomic E-state index is 12.9. The molecular formula is C20H22N6O. The van der Waals surface area contributed by atoms with Gasteiger partial charge in [0, 0.05) is 42.5 Å². The summed E-state index contributed by atoms with van der Waals surface area (Å²) < 4.78 is 0. The summed E-state index contributed by atoms with van der Waals surface area (Å²) in [6.07, 6.45) is 4.36. The van der Waals surface area contributed by atoms with E-state index in [2.05, 4.69) is 19.9 Å². The van der Waals surface area contributed by atoms with E-state index < -0.39 is 0 Å². The average molecular weight is 362 g/mol. The van der Waals surface area contributed by atoms with Crippen molar-refractivity contribution in [1.82, 2.24) is 24.8 Å². The molecule has 1 fully saturated rings. The molecule has 0 spiro atoms. The largest absolute Gasteiger partial charge is 0.384 e. The molecule has 1 atom stereocenters. The number of hydrogen-bond acceptors (Lipinski definition) is 6. The number of benzene rings is 1. The van der Waals surface area contributed by atoms with E-state index >= 15 is 0 Å². The number of likely N-dealkylation sites (tertiary alicyclic amines) is 1. The molecule has 1 saturated heterocycles. The summed E-state index contributed by atoms with van der Waals surface area (Å²) in [6, 6.07) is 11.5. The van der Waals surface area contributed by atoms with Crippen LogP contribution in [0.1, 0.15) is 22.6 Å². The van der Waals surface area contributed by atoms with Crippen LogP contribution >= 0.6 is 0 Å². The van der Waals surface area contributed by atoms with E-state index in [0.29, 0.717) is 30.3 Å². The molecule has 2 N–H and O–H groups in total. The van der Waals surface area contributed by atoms with Crippen molar-refractivity contribution in [1.29, 1.82) is 0 Å². The highest BCUT2D eigenvalue weighted by Gasteiger charge is 2.29. The van der Waals surface area contributed by atoms with Gasteiger partial charge in [0.25, 0.3) is 5.91 Å². The molecule has 7 nitrogen and oxygen atoms in total. The molecule has 27 heavy (non-hydrogen) atoms. The molecule has 3 aromatic rings. The van der Waals surface area contributed by atoms with Gasteiger partial charge in [0.1, 0.15) is 11.6 Å². The molecule has 0 saturated carbocycles. The number of likely N-dealkylation sites (N-methyl/N-ethyl adjacent to an activating group) is 1. The first kappa shape index (κ1) is 17.4. The number of pyridine rings is 1. The molecule has 2 aromatic heterocycles. The minimum atomic E-state index is 0.0665. The van der Waals surface area contributed by atoms with Crippen LogP contribution in [0, 0.1) is 0 Å². The fraction of sp³-hybridized carbons (Fsp3) is 0.300. The van der Waals surface area contributed by atoms with Gasteiger partial charge in [-0.3, -0.25) is 14.7 Å². The predicted molar refractivity (Wildman–Crippen MR) is 104 cm³/mol. The zero-order valence-electron chi connectivity index (χ0n) is 15.2. The highest BCUT2D eigenvalue weighted by atomic mass is 16.2. The minimum absolute atomic E-state index is 0.0665. The third kappa shape index (κ3) is 3.73. The number of amides is 1. The second-order valence-corrected chi connectivity index (χ2v) is 6.92. The molecule has 0 unspecified atom stereocenters. The lowest BCUT2D eigenvalue weighted by molar-refractivity contribution is 0.0779. The number of fused-ring (bicyclic) bond motifs is 1. The SMILES string of the molecule is CN(Cc1nccc(N)n1)[C@H]1CCN(C(=O)c2ccc3ncccc3c2)C1. The number of hydrogen-bond donors (Lipinski definition) is 1. The first-order valence-corrected chi connectivity index (χ1v) is 9.02. The van der Waals surface area contributed by atoms with Gasteiger partial charge >= 0.3 is 0 Å². The number of anilines is 1. The number of nitrogens with zero attached hydrogens (tertiary/aromatic N) is 5. The van der Waals surface area contributed by atoms with E-state index in [4.69, 9.17) is 5.73 Å². The lowest BCUT2D eigenvalue weighted by atomic mass is 10.1. The first-order chi connectivity index (χ1) is 13.1. The summed E-state index contributed by atoms with van der Waals surface area (Å²) in [5, 5.41) is 0.982. The van der Waals surface area contributed by atoms with E-state index in [0.717, 1.165) is 23.9 Å². The van der Waals surface area contributed by atoms with Crippen molar-refractivity contribution in [3.05, 3.63) is 60.2 Å². The molecule has 1 aliphatic heterocycles. The lowest BCUT2D eigenvalue weighted by Crippen LogP contribution is -2.36. The number of nitrogens with two attached hydrogens (primary N) is 1. The Morgan fingerprint density at radius 3 is 3.00 bits per heavy atom. The Morgan fingerprint density at radius 2 is 2.15 bits per heavy atom. The van der Waals surface area contributed by atoms with E-state index in [-0.39, 0.29) is 11.9 Å². The third-order valence-electron chi connectivity index (χ3n) is 5.04. The molecule has 0 aliphatic carbocycles. The van der Waals surface area contributed by atoms with Crippen LogP contribution in [0.2, 0.25) is 0 Å². The normalized spacial score (nSPS) is 17.0. The molecule has 7 heteroatoms. The van der Waals surface area contributed by atoms with Crippen LogP contribution in [0.3, 0.4) is 0 Å². The van der Waals surface area contributed by atoms with Crippen molar-refractivity contribution in [3.8, 4) is 0 Å². The quantitative estimate of drug-likeness (QED) is 0.763. The molecule has 138 valence electrons. The van der Waals surface area contributed by atoms with Gasteiger partial charge in [0.15, 0.2) is 0 Å². The van der Waals surface area contributed by atoms with Gasteiger partial charge in [-0.25, -0.2) is 9.97 Å². The predicted octanol–water partition coefficient (Wildman–Crippen LogP) is 1.95. The van der Waals surface area contributed by atoms with E-state index in [1.165, 1.54) is 0 Å². The third-order valence-corrected chi connectivity index (χ3v) is 5.04. The molecular weight excluding hydrogens is 340 g/mol. The van der Waals surface area contributed by atoms with Crippen molar-refractivity contribution in [2.45, 2.75) is 19.0 Å². The highest BCUT2D eigenvalue weighted by molar-refractivity contribution is 5.98. The van der Waals surface area contributed by atoms with E-state index in [9.17, 15) is 4.79 Å². The maximum Gasteiger partial charge on any atom is 0.253 e. The van der Waals surface area contributed by atoms with Crippen LogP contribution in [-0.4, -0.2) is 56.8 Å². The summed E-state index contributed by atoms with van der Waals surface area (Å²) >= 11 is 0. The number of carbonyl (C=O) groups is 1. The molecule has 1 amide bonds. The van der Waals surface area contributed by atoms with Gasteiger partial charge in [-0.15, -0.1) is 0 Å². The summed E-state index contributed by atoms with van der Waals surface area (Å²) in [4.78, 5) is 29.8. The van der Waals surface area contributed by atoms with Crippen LogP contribution < -0.4 is 5.73 Å². The minimum Gasteiger partial charge on any atom is -0.384 e. The van der Waals surface area contributed by atoms with E-state index in [1.807, 2.05) is 42.3 Å². The van der Waals surface area contributed by atoms with Crippen molar-refractivity contribution < 1.29 is 4.79 Å². The fourth-order valence-electron chi connectivity index (χ4n) is 3.52. The Hall–Kier alpha value is -3.06. The zero-order valence-corrected chi connectivity index (χ0v) is 15.2. The summed E-state index contributed by atoms with van der Waals surface area (Å²) in [5.41, 5.74) is 7.33. The molecule has 0 radical (unpaired) electrons. The summed E-state index contributed by atoms with van der Waals surface area (Å²) in [7, 11) is 2.03. The first-order valence-electron chi connectivity index (χ1n) is 9.02. The van der Waals surface area contributed by atoms with Gasteiger partial charge in [0.05, 0.1) is 12.1 Å². The summed E-state index contributed by atoms with van der Waals surface area (Å²) in [5.74, 6) is 1.24. The molecule has 0 bridgehead atoms. The number of carbonyl (C=O) groups excluding carboxylic acids is 1. The Bertz CT molecular complexity index is 975. The van der Waals surface area contributed by atoms with Crippen molar-refractivity contribution in [3.63, 3.8) is 0 Å². The van der Waals surface area contributed by atoms with Gasteiger partial charge < -0.3 is 10.6 Å². The Morgan fingerprint density at radius 1 is 1.26 bits per heavy atom. The Labute approximate surface area is 157 Å². The highest BCUT2D eigenvalue weighted by Crippen LogP contribution is 2.20. The van der Waals surface area contributed by atoms with Gasteiger partial charge in [0.2, 0.25) is 0 Å². The topological polar surface area (TPSA) is 88.2 Å². The van der Waals surface area contributed by atoms with Crippen LogP contribution in [0.4, 0.5) is 5.82 Å². The fourth-order valence-corrected chi connectivity index (χ4v) is 3.52. The second kappa shape index (κ2) is 7.28. The van der Waals surface area contributed by atoms with Crippen molar-refractivity contribution in [2.24, 2.45) is 0 Å². The van der Waals surface area contributed by atoms with Gasteiger partial charge in [-0.1, -0.05) is 6.07 Å². The smallest absolute Gasteiger partial charge is 0.253 e. The molecule has 4 rings (SSSR count). The standard InChI is InChI=1S/C20H22N6O/c1-25(13-19-23-9-6-18(21)24-19)16-7-10-26(12-16)20(27)15-4-5-17-14(11-15)3-2-8-22-17/h2-6,8-9,11,16H,7,10,12-13H2,1H3,(H2,21,23,24)/t16-/m0/s1. The van der Waals surface area contributed by atoms with Gasteiger partial charge in [-0.2, -0.15) is 0 Å². The van der Waals surface area contributed by atoms with Gasteiger partial charge in [-0.05, 0) is 43.8 Å². The number of rotatable bonds is 4. The monoisotopic (exact) mass is 362 g/mol. The Kier molecular flexibility index (Phi) is 4.68. The van der Waals surface area contributed by atoms with Crippen LogP contribution in [0.25, 0.3) is 10.9 Å². The molecule has 1 aliphatic rings. The van der Waals surface area contributed by atoms with Crippen molar-refractivity contribution in [2.75, 3.05) is 25.9 Å². The van der Waals surface area contributed by atoms with E-state index in [1.54, 1.807) is 18.5 Å². The second-order valence-electron chi connectivity index (χ2n) is 6.92. The number of aromatic nitrogens is 3. The van der Waals surface area contributed by atoms with Crippen LogP contribution in [0.5, 0.6) is 0 Å². The average Bonchev–Trinajstić information content (AvgIpc) is 3.17. The summed E-state index contributed by atoms with van der Waals surface area (Å²) in [6.45, 7) is 2.05. The molecule has 3 heterocycles. The maximum atomic E-state index is 12.9. The zero-order chi connectivity index (χ0) is 18.8. The number of nitrogen functional groups attached to an aromatic ring is 1. The lowest BCUT2D eigenvalue weighted by Gasteiger charge is -2.24.